The second-order valence-corrected chi connectivity index (χ2v) is 14.4. The van der Waals surface area contributed by atoms with E-state index < -0.39 is 27.6 Å². The minimum atomic E-state index is -4.77. The van der Waals surface area contributed by atoms with Crippen LogP contribution in [0.3, 0.4) is 0 Å². The standard InChI is InChI=1S/C33H42F3N7O5S/c1-21-5-6-23(28(17-21)42(2)49(4,45)46)19-37-30-26(33(34,35)36)20-38-32(41-30)40-27-12-7-22(18-29(27)47-3)31(44)39-24-8-10-25(11-9-24)43-13-15-48-16-14-43/h5-7,12,17-18,20,24-25H,8-11,13-16,19H2,1-4H3,(H,39,44)(H2,37,38,40,41)/t24-,25-. The summed E-state index contributed by atoms with van der Waals surface area (Å²) in [5.74, 6) is -0.624. The molecule has 1 saturated carbocycles. The van der Waals surface area contributed by atoms with Gasteiger partial charge in [0.1, 0.15) is 17.1 Å². The van der Waals surface area contributed by atoms with Gasteiger partial charge in [-0.1, -0.05) is 12.1 Å². The van der Waals surface area contributed by atoms with Crippen molar-refractivity contribution in [1.29, 1.82) is 0 Å². The Kier molecular flexibility index (Phi) is 11.2. The van der Waals surface area contributed by atoms with E-state index in [0.717, 1.165) is 68.1 Å². The lowest BCUT2D eigenvalue weighted by Crippen LogP contribution is -2.47. The molecule has 0 bridgehead atoms. The molecule has 2 aromatic carbocycles. The second-order valence-electron chi connectivity index (χ2n) is 12.3. The molecular formula is C33H42F3N7O5S. The maximum atomic E-state index is 14.0. The van der Waals surface area contributed by atoms with Gasteiger partial charge in [-0.15, -0.1) is 0 Å². The highest BCUT2D eigenvalue weighted by atomic mass is 32.2. The van der Waals surface area contributed by atoms with Crippen LogP contribution < -0.4 is 25.0 Å². The molecule has 0 radical (unpaired) electrons. The van der Waals surface area contributed by atoms with E-state index in [-0.39, 0.29) is 30.2 Å². The van der Waals surface area contributed by atoms with Crippen LogP contribution in [0.1, 0.15) is 52.7 Å². The predicted molar refractivity (Wildman–Crippen MR) is 181 cm³/mol. The van der Waals surface area contributed by atoms with E-state index in [0.29, 0.717) is 34.7 Å². The van der Waals surface area contributed by atoms with Gasteiger partial charge in [-0.3, -0.25) is 14.0 Å². The summed E-state index contributed by atoms with van der Waals surface area (Å²) in [6.07, 6.45) is 0.712. The van der Waals surface area contributed by atoms with Crippen molar-refractivity contribution in [2.75, 3.05) is 61.7 Å². The van der Waals surface area contributed by atoms with Gasteiger partial charge in [0.05, 0.1) is 38.0 Å². The molecule has 1 aromatic heterocycles. The lowest BCUT2D eigenvalue weighted by atomic mass is 9.89. The number of aromatic nitrogens is 2. The first-order chi connectivity index (χ1) is 23.2. The third-order valence-corrected chi connectivity index (χ3v) is 10.1. The number of benzene rings is 2. The van der Waals surface area contributed by atoms with Crippen molar-refractivity contribution >= 4 is 39.1 Å². The third-order valence-electron chi connectivity index (χ3n) is 8.92. The summed E-state index contributed by atoms with van der Waals surface area (Å²) in [6.45, 7) is 5.03. The summed E-state index contributed by atoms with van der Waals surface area (Å²) in [4.78, 5) is 23.6. The summed E-state index contributed by atoms with van der Waals surface area (Å²) in [5, 5.41) is 8.73. The molecule has 1 amide bonds. The summed E-state index contributed by atoms with van der Waals surface area (Å²) in [6, 6.07) is 10.3. The van der Waals surface area contributed by atoms with Gasteiger partial charge in [0, 0.05) is 50.5 Å². The van der Waals surface area contributed by atoms with Crippen molar-refractivity contribution in [3.05, 3.63) is 64.8 Å². The molecule has 3 N–H and O–H groups in total. The SMILES string of the molecule is COc1cc(C(=O)N[C@H]2CC[C@H](N3CCOCC3)CC2)ccc1Nc1ncc(C(F)(F)F)c(NCc2ccc(C)cc2N(C)S(C)(=O)=O)n1. The minimum absolute atomic E-state index is 0.0582. The Labute approximate surface area is 284 Å². The number of hydrogen-bond donors (Lipinski definition) is 3. The average molecular weight is 706 g/mol. The minimum Gasteiger partial charge on any atom is -0.495 e. The molecule has 266 valence electrons. The molecule has 2 aliphatic rings. The van der Waals surface area contributed by atoms with Gasteiger partial charge in [0.15, 0.2) is 0 Å². The zero-order valence-electron chi connectivity index (χ0n) is 27.9. The molecular weight excluding hydrogens is 663 g/mol. The maximum Gasteiger partial charge on any atom is 0.421 e. The van der Waals surface area contributed by atoms with E-state index >= 15 is 0 Å². The van der Waals surface area contributed by atoms with Crippen LogP contribution in [-0.2, 0) is 27.5 Å². The van der Waals surface area contributed by atoms with Gasteiger partial charge in [-0.05, 0) is 68.0 Å². The quantitative estimate of drug-likeness (QED) is 0.252. The van der Waals surface area contributed by atoms with E-state index in [9.17, 15) is 26.4 Å². The van der Waals surface area contributed by atoms with Crippen molar-refractivity contribution in [1.82, 2.24) is 20.2 Å². The fourth-order valence-electron chi connectivity index (χ4n) is 6.11. The first-order valence-electron chi connectivity index (χ1n) is 16.0. The molecule has 5 rings (SSSR count). The van der Waals surface area contributed by atoms with Gasteiger partial charge in [-0.2, -0.15) is 18.2 Å². The van der Waals surface area contributed by atoms with E-state index in [2.05, 4.69) is 30.8 Å². The highest BCUT2D eigenvalue weighted by molar-refractivity contribution is 7.92. The van der Waals surface area contributed by atoms with Gasteiger partial charge < -0.3 is 25.4 Å². The van der Waals surface area contributed by atoms with Crippen molar-refractivity contribution in [2.45, 2.75) is 57.4 Å². The number of ether oxygens (including phenoxy) is 2. The Balaban J connectivity index is 1.28. The number of methoxy groups -OCH3 is 1. The van der Waals surface area contributed by atoms with Crippen molar-refractivity contribution in [3.8, 4) is 5.75 Å². The van der Waals surface area contributed by atoms with Crippen LogP contribution in [0.15, 0.2) is 42.6 Å². The number of nitrogens with one attached hydrogen (secondary N) is 3. The van der Waals surface area contributed by atoms with Crippen LogP contribution in [0.5, 0.6) is 5.75 Å². The van der Waals surface area contributed by atoms with Gasteiger partial charge in [-0.25, -0.2) is 13.4 Å². The molecule has 12 nitrogen and oxygen atoms in total. The number of hydrogen-bond acceptors (Lipinski definition) is 10. The number of sulfonamides is 1. The average Bonchev–Trinajstić information content (AvgIpc) is 3.07. The zero-order chi connectivity index (χ0) is 35.3. The lowest BCUT2D eigenvalue weighted by molar-refractivity contribution is -0.137. The highest BCUT2D eigenvalue weighted by Crippen LogP contribution is 2.36. The van der Waals surface area contributed by atoms with Crippen LogP contribution in [-0.4, -0.2) is 88.0 Å². The topological polar surface area (TPSA) is 138 Å². The molecule has 0 atom stereocenters. The molecule has 3 aromatic rings. The monoisotopic (exact) mass is 705 g/mol. The van der Waals surface area contributed by atoms with Gasteiger partial charge in [0.25, 0.3) is 5.91 Å². The summed E-state index contributed by atoms with van der Waals surface area (Å²) in [5.41, 5.74) is 1.17. The first kappa shape index (κ1) is 36.1. The maximum absolute atomic E-state index is 14.0. The normalized spacial score (nSPS) is 18.8. The number of carbonyl (C=O) groups excluding carboxylic acids is 1. The van der Waals surface area contributed by atoms with Gasteiger partial charge in [0.2, 0.25) is 16.0 Å². The van der Waals surface area contributed by atoms with E-state index in [4.69, 9.17) is 9.47 Å². The van der Waals surface area contributed by atoms with Gasteiger partial charge >= 0.3 is 6.18 Å². The number of nitrogens with zero attached hydrogens (tertiary/aromatic N) is 4. The number of amides is 1. The van der Waals surface area contributed by atoms with E-state index in [1.165, 1.54) is 14.2 Å². The van der Waals surface area contributed by atoms with Crippen LogP contribution in [0, 0.1) is 6.92 Å². The summed E-state index contributed by atoms with van der Waals surface area (Å²) >= 11 is 0. The number of alkyl halides is 3. The van der Waals surface area contributed by atoms with Crippen molar-refractivity contribution in [2.24, 2.45) is 0 Å². The van der Waals surface area contributed by atoms with Crippen LogP contribution in [0.2, 0.25) is 0 Å². The molecule has 16 heteroatoms. The van der Waals surface area contributed by atoms with Crippen molar-refractivity contribution < 1.29 is 35.9 Å². The number of anilines is 4. The Hall–Kier alpha value is -4.15. The highest BCUT2D eigenvalue weighted by Gasteiger charge is 2.35. The molecule has 0 unspecified atom stereocenters. The number of rotatable bonds is 11. The number of carbonyl (C=O) groups is 1. The second kappa shape index (κ2) is 15.2. The largest absolute Gasteiger partial charge is 0.495 e. The molecule has 1 saturated heterocycles. The molecule has 1 aliphatic carbocycles. The van der Waals surface area contributed by atoms with Crippen LogP contribution in [0.25, 0.3) is 0 Å². The van der Waals surface area contributed by atoms with Crippen LogP contribution >= 0.6 is 0 Å². The number of aryl methyl sites for hydroxylation is 1. The fourth-order valence-corrected chi connectivity index (χ4v) is 6.64. The summed E-state index contributed by atoms with van der Waals surface area (Å²) in [7, 11) is -0.836. The molecule has 49 heavy (non-hydrogen) atoms. The zero-order valence-corrected chi connectivity index (χ0v) is 28.7. The molecule has 2 heterocycles. The molecule has 1 aliphatic heterocycles. The molecule has 0 spiro atoms. The van der Waals surface area contributed by atoms with E-state index in [1.54, 1.807) is 43.3 Å². The fraction of sp³-hybridized carbons (Fsp3) is 0.485. The van der Waals surface area contributed by atoms with E-state index in [1.807, 2.05) is 0 Å². The smallest absolute Gasteiger partial charge is 0.421 e. The lowest BCUT2D eigenvalue weighted by Gasteiger charge is -2.38. The Morgan fingerprint density at radius 1 is 1.10 bits per heavy atom. The number of halogens is 3. The number of morpholine rings is 1. The first-order valence-corrected chi connectivity index (χ1v) is 17.9. The third kappa shape index (κ3) is 9.10. The van der Waals surface area contributed by atoms with Crippen LogP contribution in [0.4, 0.5) is 36.3 Å². The Morgan fingerprint density at radius 3 is 2.47 bits per heavy atom. The Morgan fingerprint density at radius 2 is 1.82 bits per heavy atom. The summed E-state index contributed by atoms with van der Waals surface area (Å²) < 4.78 is 78.4. The van der Waals surface area contributed by atoms with Crippen molar-refractivity contribution in [3.63, 3.8) is 0 Å². The Bertz CT molecular complexity index is 1740. The predicted octanol–water partition coefficient (Wildman–Crippen LogP) is 4.94. The molecule has 2 fully saturated rings.